The van der Waals surface area contributed by atoms with Crippen LogP contribution in [0.4, 0.5) is 5.82 Å². The number of rotatable bonds is 6. The third-order valence-electron chi connectivity index (χ3n) is 2.86. The lowest BCUT2D eigenvalue weighted by atomic mass is 10.1. The maximum atomic E-state index is 5.08. The third-order valence-corrected chi connectivity index (χ3v) is 3.73. The van der Waals surface area contributed by atoms with Crippen LogP contribution in [0.1, 0.15) is 36.2 Å². The Morgan fingerprint density at radius 3 is 2.89 bits per heavy atom. The van der Waals surface area contributed by atoms with E-state index in [4.69, 9.17) is 4.74 Å². The number of aromatic amines is 1. The molecule has 5 nitrogen and oxygen atoms in total. The molecular formula is C13H20N4OS. The summed E-state index contributed by atoms with van der Waals surface area (Å²) >= 11 is 1.63. The topological polar surface area (TPSA) is 54.0 Å². The Bertz CT molecular complexity index is 520. The molecule has 6 heteroatoms. The van der Waals surface area contributed by atoms with E-state index in [1.165, 1.54) is 0 Å². The van der Waals surface area contributed by atoms with Gasteiger partial charge in [0.1, 0.15) is 5.01 Å². The van der Waals surface area contributed by atoms with Crippen molar-refractivity contribution in [2.45, 2.75) is 32.9 Å². The first-order chi connectivity index (χ1) is 9.10. The molecule has 0 fully saturated rings. The summed E-state index contributed by atoms with van der Waals surface area (Å²) in [7, 11) is 3.71. The highest BCUT2D eigenvalue weighted by atomic mass is 32.1. The van der Waals surface area contributed by atoms with Gasteiger partial charge in [-0.3, -0.25) is 5.10 Å². The molecule has 0 bridgehead atoms. The van der Waals surface area contributed by atoms with Crippen molar-refractivity contribution in [3.05, 3.63) is 27.8 Å². The number of H-pyrrole nitrogens is 1. The van der Waals surface area contributed by atoms with E-state index in [2.05, 4.69) is 45.4 Å². The summed E-state index contributed by atoms with van der Waals surface area (Å²) in [5.41, 5.74) is 2.20. The minimum Gasteiger partial charge on any atom is -0.378 e. The van der Waals surface area contributed by atoms with Crippen LogP contribution in [0.25, 0.3) is 0 Å². The van der Waals surface area contributed by atoms with Gasteiger partial charge < -0.3 is 9.64 Å². The molecule has 0 saturated heterocycles. The highest BCUT2D eigenvalue weighted by Crippen LogP contribution is 2.19. The van der Waals surface area contributed by atoms with Gasteiger partial charge in [0, 0.05) is 31.3 Å². The minimum atomic E-state index is 0.460. The molecule has 2 heterocycles. The predicted molar refractivity (Wildman–Crippen MR) is 77.6 cm³/mol. The monoisotopic (exact) mass is 280 g/mol. The van der Waals surface area contributed by atoms with Gasteiger partial charge in [-0.05, 0) is 5.92 Å². The number of thiazole rings is 1. The summed E-state index contributed by atoms with van der Waals surface area (Å²) in [5.74, 6) is 1.41. The lowest BCUT2D eigenvalue weighted by molar-refractivity contribution is 0.184. The zero-order valence-electron chi connectivity index (χ0n) is 11.8. The Hall–Kier alpha value is -1.40. The van der Waals surface area contributed by atoms with Crippen LogP contribution in [-0.2, 0) is 17.9 Å². The molecule has 0 aliphatic rings. The first-order valence-electron chi connectivity index (χ1n) is 6.28. The number of anilines is 1. The zero-order chi connectivity index (χ0) is 13.8. The number of nitrogens with one attached hydrogen (secondary N) is 1. The Balaban J connectivity index is 2.00. The van der Waals surface area contributed by atoms with E-state index in [0.29, 0.717) is 12.5 Å². The molecule has 0 aliphatic heterocycles. The molecule has 2 aromatic heterocycles. The second-order valence-corrected chi connectivity index (χ2v) is 5.80. The van der Waals surface area contributed by atoms with Crippen molar-refractivity contribution in [1.82, 2.24) is 15.2 Å². The zero-order valence-corrected chi connectivity index (χ0v) is 12.6. The van der Waals surface area contributed by atoms with Crippen LogP contribution in [0.5, 0.6) is 0 Å². The molecule has 0 atom stereocenters. The first kappa shape index (κ1) is 14.0. The minimum absolute atomic E-state index is 0.460. The normalized spacial score (nSPS) is 11.2. The van der Waals surface area contributed by atoms with Crippen LogP contribution >= 0.6 is 11.3 Å². The van der Waals surface area contributed by atoms with Gasteiger partial charge in [0.25, 0.3) is 0 Å². The average molecular weight is 280 g/mol. The van der Waals surface area contributed by atoms with E-state index in [1.807, 2.05) is 7.05 Å². The van der Waals surface area contributed by atoms with Crippen molar-refractivity contribution in [2.24, 2.45) is 0 Å². The van der Waals surface area contributed by atoms with E-state index in [9.17, 15) is 0 Å². The second kappa shape index (κ2) is 6.16. The molecule has 1 N–H and O–H groups in total. The molecule has 2 rings (SSSR count). The Morgan fingerprint density at radius 1 is 1.47 bits per heavy atom. The van der Waals surface area contributed by atoms with Gasteiger partial charge in [0.05, 0.1) is 18.8 Å². The molecule has 2 aromatic rings. The fourth-order valence-corrected chi connectivity index (χ4v) is 2.51. The number of nitrogens with zero attached hydrogens (tertiary/aromatic N) is 3. The fraction of sp³-hybridized carbons (Fsp3) is 0.538. The number of methoxy groups -OCH3 is 1. The maximum absolute atomic E-state index is 5.08. The Labute approximate surface area is 117 Å². The van der Waals surface area contributed by atoms with Gasteiger partial charge in [0.2, 0.25) is 0 Å². The van der Waals surface area contributed by atoms with Crippen LogP contribution in [0, 0.1) is 0 Å². The third kappa shape index (κ3) is 3.54. The number of hydrogen-bond acceptors (Lipinski definition) is 5. The molecule has 0 spiro atoms. The van der Waals surface area contributed by atoms with Crippen molar-refractivity contribution < 1.29 is 4.74 Å². The van der Waals surface area contributed by atoms with Crippen LogP contribution in [-0.4, -0.2) is 29.3 Å². The van der Waals surface area contributed by atoms with Crippen molar-refractivity contribution in [3.63, 3.8) is 0 Å². The first-order valence-corrected chi connectivity index (χ1v) is 7.16. The van der Waals surface area contributed by atoms with Crippen molar-refractivity contribution >= 4 is 17.2 Å². The van der Waals surface area contributed by atoms with Gasteiger partial charge in [0.15, 0.2) is 5.82 Å². The fourth-order valence-electron chi connectivity index (χ4n) is 1.75. The molecule has 0 aromatic carbocycles. The molecular weight excluding hydrogens is 260 g/mol. The average Bonchev–Trinajstić information content (AvgIpc) is 2.98. The lowest BCUT2D eigenvalue weighted by Gasteiger charge is -2.13. The van der Waals surface area contributed by atoms with Crippen LogP contribution in [0.15, 0.2) is 11.4 Å². The number of hydrogen-bond donors (Lipinski definition) is 1. The summed E-state index contributed by atoms with van der Waals surface area (Å²) in [6.07, 6.45) is 0. The van der Waals surface area contributed by atoms with Crippen LogP contribution in [0.2, 0.25) is 0 Å². The molecule has 0 saturated carbocycles. The highest BCUT2D eigenvalue weighted by molar-refractivity contribution is 7.09. The van der Waals surface area contributed by atoms with E-state index in [-0.39, 0.29) is 0 Å². The molecule has 0 unspecified atom stereocenters. The molecule has 104 valence electrons. The predicted octanol–water partition coefficient (Wildman–Crippen LogP) is 2.77. The van der Waals surface area contributed by atoms with Crippen molar-refractivity contribution in [3.8, 4) is 0 Å². The molecule has 19 heavy (non-hydrogen) atoms. The molecule has 0 aliphatic carbocycles. The lowest BCUT2D eigenvalue weighted by Crippen LogP contribution is -2.17. The summed E-state index contributed by atoms with van der Waals surface area (Å²) in [6, 6.07) is 2.09. The highest BCUT2D eigenvalue weighted by Gasteiger charge is 2.10. The standard InChI is InChI=1S/C13H20N4OS/c1-9(2)11-5-12(16-15-11)17(3)6-10-8-19-13(14-10)7-18-4/h5,8-9H,6-7H2,1-4H3,(H,15,16). The van der Waals surface area contributed by atoms with Gasteiger partial charge in [-0.2, -0.15) is 5.10 Å². The Morgan fingerprint density at radius 2 is 2.26 bits per heavy atom. The van der Waals surface area contributed by atoms with Crippen molar-refractivity contribution in [2.75, 3.05) is 19.1 Å². The Kier molecular flexibility index (Phi) is 4.55. The molecule has 0 radical (unpaired) electrons. The van der Waals surface area contributed by atoms with Crippen LogP contribution in [0.3, 0.4) is 0 Å². The summed E-state index contributed by atoms with van der Waals surface area (Å²) in [5, 5.41) is 10.5. The second-order valence-electron chi connectivity index (χ2n) is 4.86. The van der Waals surface area contributed by atoms with E-state index < -0.39 is 0 Å². The number of aromatic nitrogens is 3. The van der Waals surface area contributed by atoms with E-state index in [1.54, 1.807) is 18.4 Å². The van der Waals surface area contributed by atoms with Gasteiger partial charge in [-0.15, -0.1) is 11.3 Å². The number of ether oxygens (including phenoxy) is 1. The summed E-state index contributed by atoms with van der Waals surface area (Å²) in [4.78, 5) is 6.61. The van der Waals surface area contributed by atoms with E-state index in [0.717, 1.165) is 28.8 Å². The quantitative estimate of drug-likeness (QED) is 0.884. The van der Waals surface area contributed by atoms with Crippen LogP contribution < -0.4 is 4.90 Å². The van der Waals surface area contributed by atoms with Gasteiger partial charge in [-0.25, -0.2) is 4.98 Å². The summed E-state index contributed by atoms with van der Waals surface area (Å²) in [6.45, 7) is 5.63. The van der Waals surface area contributed by atoms with E-state index >= 15 is 0 Å². The van der Waals surface area contributed by atoms with Gasteiger partial charge in [-0.1, -0.05) is 13.8 Å². The van der Waals surface area contributed by atoms with Gasteiger partial charge >= 0.3 is 0 Å². The van der Waals surface area contributed by atoms with Crippen molar-refractivity contribution in [1.29, 1.82) is 0 Å². The largest absolute Gasteiger partial charge is 0.378 e. The molecule has 0 amide bonds. The SMILES string of the molecule is COCc1nc(CN(C)c2cc(C(C)C)[nH]n2)cs1. The maximum Gasteiger partial charge on any atom is 0.150 e. The smallest absolute Gasteiger partial charge is 0.150 e. The summed E-state index contributed by atoms with van der Waals surface area (Å²) < 4.78 is 5.08.